The number of hydrogen-bond donors (Lipinski definition) is 1. The molecule has 0 amide bonds. The fourth-order valence-electron chi connectivity index (χ4n) is 2.81. The maximum atomic E-state index is 13.4. The average molecular weight is 280 g/mol. The van der Waals surface area contributed by atoms with Crippen molar-refractivity contribution in [1.82, 2.24) is 10.2 Å². The maximum absolute atomic E-state index is 13.4. The van der Waals surface area contributed by atoms with Crippen LogP contribution in [0.3, 0.4) is 0 Å². The Morgan fingerprint density at radius 3 is 2.75 bits per heavy atom. The molecule has 2 rings (SSSR count). The largest absolute Gasteiger partial charge is 0.496 e. The Morgan fingerprint density at radius 1 is 1.35 bits per heavy atom. The van der Waals surface area contributed by atoms with Gasteiger partial charge in [0.1, 0.15) is 11.6 Å². The summed E-state index contributed by atoms with van der Waals surface area (Å²) in [5.74, 6) is 1.37. The summed E-state index contributed by atoms with van der Waals surface area (Å²) in [6, 6.07) is 4.75. The van der Waals surface area contributed by atoms with E-state index < -0.39 is 0 Å². The zero-order valence-corrected chi connectivity index (χ0v) is 12.5. The van der Waals surface area contributed by atoms with Crippen LogP contribution in [0.5, 0.6) is 5.75 Å². The van der Waals surface area contributed by atoms with Crippen molar-refractivity contribution in [2.45, 2.75) is 26.3 Å². The molecule has 1 aliphatic rings. The molecular formula is C16H25FN2O. The molecule has 0 aromatic heterocycles. The molecular weight excluding hydrogens is 255 g/mol. The molecule has 0 unspecified atom stereocenters. The van der Waals surface area contributed by atoms with E-state index in [4.69, 9.17) is 4.74 Å². The first-order valence-electron chi connectivity index (χ1n) is 7.48. The lowest BCUT2D eigenvalue weighted by molar-refractivity contribution is 0.174. The molecule has 0 aliphatic carbocycles. The summed E-state index contributed by atoms with van der Waals surface area (Å²) in [6.07, 6.45) is 2.43. The van der Waals surface area contributed by atoms with Crippen LogP contribution >= 0.6 is 0 Å². The smallest absolute Gasteiger partial charge is 0.123 e. The third-order valence-corrected chi connectivity index (χ3v) is 4.03. The average Bonchev–Trinajstić information content (AvgIpc) is 2.47. The van der Waals surface area contributed by atoms with Gasteiger partial charge in [0.25, 0.3) is 0 Å². The molecule has 20 heavy (non-hydrogen) atoms. The van der Waals surface area contributed by atoms with E-state index in [1.54, 1.807) is 19.2 Å². The second-order valence-electron chi connectivity index (χ2n) is 5.48. The molecule has 0 bridgehead atoms. The quantitative estimate of drug-likeness (QED) is 0.867. The van der Waals surface area contributed by atoms with Gasteiger partial charge in [-0.25, -0.2) is 4.39 Å². The monoisotopic (exact) mass is 280 g/mol. The van der Waals surface area contributed by atoms with Crippen molar-refractivity contribution in [2.75, 3.05) is 33.3 Å². The van der Waals surface area contributed by atoms with Crippen molar-refractivity contribution < 1.29 is 9.13 Å². The Kier molecular flexibility index (Phi) is 5.80. The molecule has 0 radical (unpaired) electrons. The van der Waals surface area contributed by atoms with Gasteiger partial charge >= 0.3 is 0 Å². The first-order valence-corrected chi connectivity index (χ1v) is 7.48. The summed E-state index contributed by atoms with van der Waals surface area (Å²) >= 11 is 0. The third-order valence-electron chi connectivity index (χ3n) is 4.03. The lowest BCUT2D eigenvalue weighted by atomic mass is 9.96. The van der Waals surface area contributed by atoms with Gasteiger partial charge in [0.05, 0.1) is 7.11 Å². The lowest BCUT2D eigenvalue weighted by Crippen LogP contribution is -2.36. The highest BCUT2D eigenvalue weighted by Gasteiger charge is 2.19. The molecule has 112 valence electrons. The van der Waals surface area contributed by atoms with Crippen LogP contribution in [-0.2, 0) is 6.54 Å². The Bertz CT molecular complexity index is 417. The number of ether oxygens (including phenoxy) is 1. The van der Waals surface area contributed by atoms with Gasteiger partial charge in [-0.2, -0.15) is 0 Å². The van der Waals surface area contributed by atoms with Crippen LogP contribution in [0.4, 0.5) is 4.39 Å². The summed E-state index contributed by atoms with van der Waals surface area (Å²) in [4.78, 5) is 2.39. The summed E-state index contributed by atoms with van der Waals surface area (Å²) in [7, 11) is 1.64. The minimum absolute atomic E-state index is 0.192. The number of methoxy groups -OCH3 is 1. The van der Waals surface area contributed by atoms with Crippen molar-refractivity contribution in [1.29, 1.82) is 0 Å². The van der Waals surface area contributed by atoms with E-state index in [1.165, 1.54) is 18.9 Å². The van der Waals surface area contributed by atoms with Crippen LogP contribution in [0.25, 0.3) is 0 Å². The van der Waals surface area contributed by atoms with Crippen molar-refractivity contribution in [3.8, 4) is 5.75 Å². The Hall–Kier alpha value is -1.13. The van der Waals surface area contributed by atoms with Gasteiger partial charge in [-0.1, -0.05) is 6.92 Å². The number of hydrogen-bond acceptors (Lipinski definition) is 3. The standard InChI is InChI=1S/C16H25FN2O/c1-3-18-11-13-6-8-19(9-7-13)12-14-10-15(17)4-5-16(14)20-2/h4-5,10,13,18H,3,6-9,11-12H2,1-2H3. The van der Waals surface area contributed by atoms with Crippen molar-refractivity contribution in [3.63, 3.8) is 0 Å². The minimum atomic E-state index is -0.192. The number of rotatable bonds is 6. The second kappa shape index (κ2) is 7.60. The first-order chi connectivity index (χ1) is 9.72. The van der Waals surface area contributed by atoms with Crippen molar-refractivity contribution in [3.05, 3.63) is 29.6 Å². The molecule has 0 spiro atoms. The topological polar surface area (TPSA) is 24.5 Å². The molecule has 1 aromatic rings. The van der Waals surface area contributed by atoms with E-state index >= 15 is 0 Å². The fraction of sp³-hybridized carbons (Fsp3) is 0.625. The fourth-order valence-corrected chi connectivity index (χ4v) is 2.81. The molecule has 1 N–H and O–H groups in total. The van der Waals surface area contributed by atoms with Gasteiger partial charge in [0, 0.05) is 12.1 Å². The molecule has 1 aliphatic heterocycles. The number of likely N-dealkylation sites (tertiary alicyclic amines) is 1. The van der Waals surface area contributed by atoms with Crippen LogP contribution in [0, 0.1) is 11.7 Å². The van der Waals surface area contributed by atoms with Crippen molar-refractivity contribution >= 4 is 0 Å². The molecule has 1 aromatic carbocycles. The van der Waals surface area contributed by atoms with Gasteiger partial charge in [-0.3, -0.25) is 4.90 Å². The SMILES string of the molecule is CCNCC1CCN(Cc2cc(F)ccc2OC)CC1. The van der Waals surface area contributed by atoms with E-state index in [-0.39, 0.29) is 5.82 Å². The second-order valence-corrected chi connectivity index (χ2v) is 5.48. The van der Waals surface area contributed by atoms with Crippen LogP contribution in [-0.4, -0.2) is 38.2 Å². The number of halogens is 1. The first kappa shape index (κ1) is 15.3. The molecule has 4 heteroatoms. The summed E-state index contributed by atoms with van der Waals surface area (Å²) < 4.78 is 18.7. The van der Waals surface area contributed by atoms with Crippen LogP contribution in [0.15, 0.2) is 18.2 Å². The van der Waals surface area contributed by atoms with Gasteiger partial charge in [0.2, 0.25) is 0 Å². The van der Waals surface area contributed by atoms with E-state index in [0.29, 0.717) is 0 Å². The molecule has 3 nitrogen and oxygen atoms in total. The normalized spacial score (nSPS) is 17.4. The maximum Gasteiger partial charge on any atom is 0.123 e. The highest BCUT2D eigenvalue weighted by atomic mass is 19.1. The van der Waals surface area contributed by atoms with Gasteiger partial charge in [-0.05, 0) is 63.1 Å². The number of nitrogens with one attached hydrogen (secondary N) is 1. The zero-order valence-electron chi connectivity index (χ0n) is 12.5. The minimum Gasteiger partial charge on any atom is -0.496 e. The molecule has 1 saturated heterocycles. The summed E-state index contributed by atoms with van der Waals surface area (Å²) in [5.41, 5.74) is 0.942. The predicted octanol–water partition coefficient (Wildman–Crippen LogP) is 2.66. The summed E-state index contributed by atoms with van der Waals surface area (Å²) in [6.45, 7) is 7.24. The predicted molar refractivity (Wildman–Crippen MR) is 79.5 cm³/mol. The Balaban J connectivity index is 1.87. The van der Waals surface area contributed by atoms with E-state index in [2.05, 4.69) is 17.1 Å². The molecule has 1 fully saturated rings. The van der Waals surface area contributed by atoms with E-state index in [0.717, 1.165) is 50.0 Å². The van der Waals surface area contributed by atoms with Crippen LogP contribution in [0.1, 0.15) is 25.3 Å². The number of benzene rings is 1. The highest BCUT2D eigenvalue weighted by Crippen LogP contribution is 2.24. The Morgan fingerprint density at radius 2 is 2.10 bits per heavy atom. The number of nitrogens with zero attached hydrogens (tertiary/aromatic N) is 1. The van der Waals surface area contributed by atoms with Crippen LogP contribution in [0.2, 0.25) is 0 Å². The molecule has 0 saturated carbocycles. The van der Waals surface area contributed by atoms with Gasteiger partial charge in [-0.15, -0.1) is 0 Å². The summed E-state index contributed by atoms with van der Waals surface area (Å²) in [5, 5.41) is 3.42. The Labute approximate surface area is 121 Å². The molecule has 1 heterocycles. The zero-order chi connectivity index (χ0) is 14.4. The van der Waals surface area contributed by atoms with E-state index in [9.17, 15) is 4.39 Å². The third kappa shape index (κ3) is 4.18. The van der Waals surface area contributed by atoms with Gasteiger partial charge in [0.15, 0.2) is 0 Å². The van der Waals surface area contributed by atoms with Crippen molar-refractivity contribution in [2.24, 2.45) is 5.92 Å². The van der Waals surface area contributed by atoms with E-state index in [1.807, 2.05) is 0 Å². The lowest BCUT2D eigenvalue weighted by Gasteiger charge is -2.32. The molecule has 0 atom stereocenters. The van der Waals surface area contributed by atoms with Gasteiger partial charge < -0.3 is 10.1 Å². The number of piperidine rings is 1. The van der Waals surface area contributed by atoms with Crippen LogP contribution < -0.4 is 10.1 Å². The highest BCUT2D eigenvalue weighted by molar-refractivity contribution is 5.33.